The maximum Gasteiger partial charge on any atom is 0.260 e. The van der Waals surface area contributed by atoms with Crippen molar-refractivity contribution in [3.8, 4) is 0 Å². The minimum Gasteiger partial charge on any atom is -0.396 e. The molecule has 5 heteroatoms. The van der Waals surface area contributed by atoms with Gasteiger partial charge in [-0.05, 0) is 30.3 Å². The molecule has 0 saturated carbocycles. The molecular weight excluding hydrogens is 250 g/mol. The number of hydrogen-bond donors (Lipinski definition) is 1. The highest BCUT2D eigenvalue weighted by atomic mass is 19.1. The van der Waals surface area contributed by atoms with Crippen LogP contribution in [0, 0.1) is 11.6 Å². The van der Waals surface area contributed by atoms with Gasteiger partial charge in [-0.15, -0.1) is 0 Å². The van der Waals surface area contributed by atoms with E-state index >= 15 is 0 Å². The van der Waals surface area contributed by atoms with Crippen LogP contribution < -0.4 is 10.6 Å². The Bertz CT molecular complexity index is 629. The molecule has 0 atom stereocenters. The van der Waals surface area contributed by atoms with E-state index in [0.717, 1.165) is 0 Å². The minimum atomic E-state index is -0.654. The van der Waals surface area contributed by atoms with Crippen molar-refractivity contribution in [2.75, 3.05) is 17.7 Å². The summed E-state index contributed by atoms with van der Waals surface area (Å²) in [5, 5.41) is 0. The predicted molar refractivity (Wildman–Crippen MR) is 69.9 cm³/mol. The molecule has 0 heterocycles. The van der Waals surface area contributed by atoms with Crippen LogP contribution in [0.25, 0.3) is 0 Å². The smallest absolute Gasteiger partial charge is 0.260 e. The van der Waals surface area contributed by atoms with Crippen LogP contribution in [-0.2, 0) is 0 Å². The van der Waals surface area contributed by atoms with Crippen LogP contribution in [-0.4, -0.2) is 13.0 Å². The number of carbonyl (C=O) groups excluding carboxylic acids is 1. The molecule has 0 aliphatic rings. The molecule has 2 N–H and O–H groups in total. The first kappa shape index (κ1) is 13.0. The molecular formula is C14H12F2N2O. The molecule has 19 heavy (non-hydrogen) atoms. The zero-order valence-electron chi connectivity index (χ0n) is 10.2. The van der Waals surface area contributed by atoms with Gasteiger partial charge in [0, 0.05) is 12.7 Å². The van der Waals surface area contributed by atoms with Crippen molar-refractivity contribution in [3.05, 3.63) is 59.7 Å². The van der Waals surface area contributed by atoms with Gasteiger partial charge in [0.1, 0.15) is 11.6 Å². The van der Waals surface area contributed by atoms with E-state index in [2.05, 4.69) is 0 Å². The Balaban J connectivity index is 2.36. The van der Waals surface area contributed by atoms with E-state index in [1.54, 1.807) is 6.07 Å². The van der Waals surface area contributed by atoms with Gasteiger partial charge < -0.3 is 10.6 Å². The van der Waals surface area contributed by atoms with Crippen LogP contribution in [0.4, 0.5) is 20.2 Å². The highest BCUT2D eigenvalue weighted by Crippen LogP contribution is 2.21. The standard InChI is InChI=1S/C14H12F2N2O/c1-18(10-5-2-4-9(15)8-10)14(19)11-6-3-7-12(16)13(11)17/h2-8H,17H2,1H3. The lowest BCUT2D eigenvalue weighted by molar-refractivity contribution is 0.0993. The normalized spacial score (nSPS) is 10.3. The topological polar surface area (TPSA) is 46.3 Å². The number of amides is 1. The summed E-state index contributed by atoms with van der Waals surface area (Å²) in [6.45, 7) is 0. The van der Waals surface area contributed by atoms with Crippen molar-refractivity contribution < 1.29 is 13.6 Å². The second-order valence-electron chi connectivity index (χ2n) is 4.05. The number of benzene rings is 2. The van der Waals surface area contributed by atoms with Gasteiger partial charge in [-0.3, -0.25) is 4.79 Å². The van der Waals surface area contributed by atoms with Crippen molar-refractivity contribution in [2.24, 2.45) is 0 Å². The fourth-order valence-corrected chi connectivity index (χ4v) is 1.71. The van der Waals surface area contributed by atoms with Crippen LogP contribution in [0.3, 0.4) is 0 Å². The van der Waals surface area contributed by atoms with Crippen LogP contribution in [0.15, 0.2) is 42.5 Å². The molecule has 0 bridgehead atoms. The molecule has 0 aromatic heterocycles. The van der Waals surface area contributed by atoms with Crippen LogP contribution in [0.1, 0.15) is 10.4 Å². The van der Waals surface area contributed by atoms with Gasteiger partial charge in [-0.1, -0.05) is 12.1 Å². The molecule has 0 aliphatic heterocycles. The molecule has 2 aromatic carbocycles. The second kappa shape index (κ2) is 5.06. The van der Waals surface area contributed by atoms with Crippen molar-refractivity contribution in [1.29, 1.82) is 0 Å². The Kier molecular flexibility index (Phi) is 3.46. The Labute approximate surface area is 109 Å². The zero-order chi connectivity index (χ0) is 14.0. The number of carbonyl (C=O) groups is 1. The van der Waals surface area contributed by atoms with E-state index in [4.69, 9.17) is 5.73 Å². The third kappa shape index (κ3) is 2.54. The van der Waals surface area contributed by atoms with Gasteiger partial charge >= 0.3 is 0 Å². The Morgan fingerprint density at radius 1 is 1.16 bits per heavy atom. The van der Waals surface area contributed by atoms with Crippen molar-refractivity contribution in [3.63, 3.8) is 0 Å². The lowest BCUT2D eigenvalue weighted by Crippen LogP contribution is -2.27. The molecule has 0 radical (unpaired) electrons. The van der Waals surface area contributed by atoms with Crippen molar-refractivity contribution >= 4 is 17.3 Å². The number of nitrogens with two attached hydrogens (primary N) is 1. The van der Waals surface area contributed by atoms with Crippen LogP contribution in [0.5, 0.6) is 0 Å². The van der Waals surface area contributed by atoms with E-state index in [1.807, 2.05) is 0 Å². The second-order valence-corrected chi connectivity index (χ2v) is 4.05. The number of rotatable bonds is 2. The fraction of sp³-hybridized carbons (Fsp3) is 0.0714. The molecule has 1 amide bonds. The first-order valence-electron chi connectivity index (χ1n) is 5.58. The van der Waals surface area contributed by atoms with E-state index in [-0.39, 0.29) is 11.3 Å². The van der Waals surface area contributed by atoms with Gasteiger partial charge in [-0.2, -0.15) is 0 Å². The molecule has 0 aliphatic carbocycles. The summed E-state index contributed by atoms with van der Waals surface area (Å²) < 4.78 is 26.4. The number of nitrogen functional groups attached to an aromatic ring is 1. The van der Waals surface area contributed by atoms with E-state index < -0.39 is 17.5 Å². The Hall–Kier alpha value is -2.43. The average Bonchev–Trinajstić information content (AvgIpc) is 2.40. The molecule has 0 unspecified atom stereocenters. The molecule has 0 saturated heterocycles. The molecule has 2 aromatic rings. The number of anilines is 2. The molecule has 0 fully saturated rings. The number of hydrogen-bond acceptors (Lipinski definition) is 2. The van der Waals surface area contributed by atoms with Gasteiger partial charge in [-0.25, -0.2) is 8.78 Å². The first-order valence-corrected chi connectivity index (χ1v) is 5.58. The maximum atomic E-state index is 13.3. The van der Waals surface area contributed by atoms with E-state index in [9.17, 15) is 13.6 Å². The highest BCUT2D eigenvalue weighted by Gasteiger charge is 2.18. The molecule has 0 spiro atoms. The largest absolute Gasteiger partial charge is 0.396 e. The zero-order valence-corrected chi connectivity index (χ0v) is 10.2. The number of halogens is 2. The SMILES string of the molecule is CN(C(=O)c1cccc(F)c1N)c1cccc(F)c1. The number of nitrogens with zero attached hydrogens (tertiary/aromatic N) is 1. The van der Waals surface area contributed by atoms with E-state index in [1.165, 1.54) is 48.3 Å². The van der Waals surface area contributed by atoms with Crippen LogP contribution >= 0.6 is 0 Å². The van der Waals surface area contributed by atoms with Crippen molar-refractivity contribution in [1.82, 2.24) is 0 Å². The summed E-state index contributed by atoms with van der Waals surface area (Å²) in [4.78, 5) is 13.4. The summed E-state index contributed by atoms with van der Waals surface area (Å²) in [6, 6.07) is 9.56. The minimum absolute atomic E-state index is 0.0479. The van der Waals surface area contributed by atoms with Gasteiger partial charge in [0.2, 0.25) is 0 Å². The third-order valence-electron chi connectivity index (χ3n) is 2.78. The summed E-state index contributed by atoms with van der Waals surface area (Å²) in [7, 11) is 1.47. The summed E-state index contributed by atoms with van der Waals surface area (Å²) >= 11 is 0. The first-order chi connectivity index (χ1) is 9.00. The summed E-state index contributed by atoms with van der Waals surface area (Å²) in [6.07, 6.45) is 0. The molecule has 2 rings (SSSR count). The summed E-state index contributed by atoms with van der Waals surface area (Å²) in [5.41, 5.74) is 5.74. The molecule has 3 nitrogen and oxygen atoms in total. The lowest BCUT2D eigenvalue weighted by Gasteiger charge is -2.18. The lowest BCUT2D eigenvalue weighted by atomic mass is 10.1. The Morgan fingerprint density at radius 3 is 2.53 bits per heavy atom. The van der Waals surface area contributed by atoms with Crippen molar-refractivity contribution in [2.45, 2.75) is 0 Å². The van der Waals surface area contributed by atoms with Gasteiger partial charge in [0.05, 0.1) is 11.3 Å². The Morgan fingerprint density at radius 2 is 1.84 bits per heavy atom. The van der Waals surface area contributed by atoms with Gasteiger partial charge in [0.25, 0.3) is 5.91 Å². The maximum absolute atomic E-state index is 13.3. The number of para-hydroxylation sites is 1. The van der Waals surface area contributed by atoms with E-state index in [0.29, 0.717) is 5.69 Å². The van der Waals surface area contributed by atoms with Crippen LogP contribution in [0.2, 0.25) is 0 Å². The molecule has 98 valence electrons. The predicted octanol–water partition coefficient (Wildman–Crippen LogP) is 2.82. The highest BCUT2D eigenvalue weighted by molar-refractivity contribution is 6.09. The summed E-state index contributed by atoms with van der Waals surface area (Å²) in [5.74, 6) is -1.61. The van der Waals surface area contributed by atoms with Gasteiger partial charge in [0.15, 0.2) is 0 Å². The monoisotopic (exact) mass is 262 g/mol. The fourth-order valence-electron chi connectivity index (χ4n) is 1.71. The quantitative estimate of drug-likeness (QED) is 0.846. The average molecular weight is 262 g/mol. The third-order valence-corrected chi connectivity index (χ3v) is 2.78.